The van der Waals surface area contributed by atoms with E-state index in [1.165, 1.54) is 17.4 Å². The van der Waals surface area contributed by atoms with Gasteiger partial charge in [-0.15, -0.1) is 0 Å². The van der Waals surface area contributed by atoms with Crippen molar-refractivity contribution in [3.8, 4) is 0 Å². The number of carbonyl (C=O) groups is 4. The topological polar surface area (TPSA) is 140 Å². The molecule has 2 N–H and O–H groups in total. The Labute approximate surface area is 187 Å². The second kappa shape index (κ2) is 9.58. The molecule has 2 rings (SSSR count). The summed E-state index contributed by atoms with van der Waals surface area (Å²) in [6.07, 6.45) is 2.05. The molecule has 178 valence electrons. The third kappa shape index (κ3) is 7.24. The molecule has 11 nitrogen and oxygen atoms in total. The van der Waals surface area contributed by atoms with Crippen LogP contribution in [-0.4, -0.2) is 73.5 Å². The van der Waals surface area contributed by atoms with Gasteiger partial charge >= 0.3 is 18.2 Å². The molecular formula is C21H32N4O7. The molecule has 11 heteroatoms. The van der Waals surface area contributed by atoms with Gasteiger partial charge in [0.25, 0.3) is 0 Å². The number of nitrogens with zero attached hydrogens (tertiary/aromatic N) is 3. The quantitative estimate of drug-likeness (QED) is 0.693. The van der Waals surface area contributed by atoms with Crippen molar-refractivity contribution in [2.75, 3.05) is 6.54 Å². The molecule has 2 atom stereocenters. The average molecular weight is 453 g/mol. The fourth-order valence-electron chi connectivity index (χ4n) is 3.23. The number of aliphatic carboxylic acids is 1. The number of alkyl carbamates (subject to hydrolysis) is 1. The van der Waals surface area contributed by atoms with Gasteiger partial charge in [-0.3, -0.25) is 4.79 Å². The molecule has 1 aromatic heterocycles. The first-order chi connectivity index (χ1) is 14.7. The Balaban J connectivity index is 2.21. The number of aromatic nitrogens is 2. The van der Waals surface area contributed by atoms with Crippen molar-refractivity contribution in [3.05, 3.63) is 18.2 Å². The third-order valence-electron chi connectivity index (χ3n) is 4.46. The first kappa shape index (κ1) is 25.2. The first-order valence-electron chi connectivity index (χ1n) is 10.5. The lowest BCUT2D eigenvalue weighted by Gasteiger charge is -2.28. The van der Waals surface area contributed by atoms with E-state index in [0.29, 0.717) is 18.5 Å². The fourth-order valence-corrected chi connectivity index (χ4v) is 3.23. The highest BCUT2D eigenvalue weighted by Crippen LogP contribution is 2.20. The lowest BCUT2D eigenvalue weighted by Crippen LogP contribution is -2.53. The smallest absolute Gasteiger partial charge is 0.419 e. The van der Waals surface area contributed by atoms with Crippen molar-refractivity contribution < 1.29 is 33.8 Å². The van der Waals surface area contributed by atoms with E-state index in [1.807, 2.05) is 0 Å². The summed E-state index contributed by atoms with van der Waals surface area (Å²) in [6.45, 7) is 10.5. The lowest BCUT2D eigenvalue weighted by molar-refractivity contribution is -0.149. The van der Waals surface area contributed by atoms with Gasteiger partial charge in [0.2, 0.25) is 5.91 Å². The van der Waals surface area contributed by atoms with E-state index in [1.54, 1.807) is 41.5 Å². The van der Waals surface area contributed by atoms with Crippen LogP contribution in [0, 0.1) is 0 Å². The Morgan fingerprint density at radius 3 is 2.34 bits per heavy atom. The SMILES string of the molecule is CC(C)(C)OC(=O)N[C@H](Cc1cn(C(=O)OC(C)(C)C)cn1)C(=O)N1CCC[C@H]1C(=O)O. The van der Waals surface area contributed by atoms with Crippen molar-refractivity contribution in [2.24, 2.45) is 0 Å². The minimum absolute atomic E-state index is 0.0588. The number of rotatable bonds is 5. The monoisotopic (exact) mass is 452 g/mol. The second-order valence-corrected chi connectivity index (χ2v) is 9.68. The van der Waals surface area contributed by atoms with Crippen molar-refractivity contribution in [1.29, 1.82) is 0 Å². The van der Waals surface area contributed by atoms with Gasteiger partial charge in [0.15, 0.2) is 0 Å². The Kier molecular flexibility index (Phi) is 7.53. The average Bonchev–Trinajstić information content (AvgIpc) is 3.27. The van der Waals surface area contributed by atoms with Gasteiger partial charge < -0.3 is 24.8 Å². The van der Waals surface area contributed by atoms with E-state index in [9.17, 15) is 24.3 Å². The molecular weight excluding hydrogens is 420 g/mol. The minimum atomic E-state index is -1.12. The zero-order valence-electron chi connectivity index (χ0n) is 19.4. The van der Waals surface area contributed by atoms with Gasteiger partial charge in [-0.25, -0.2) is 23.9 Å². The molecule has 0 aliphatic carbocycles. The van der Waals surface area contributed by atoms with Crippen molar-refractivity contribution in [1.82, 2.24) is 19.8 Å². The predicted molar refractivity (Wildman–Crippen MR) is 113 cm³/mol. The molecule has 1 aliphatic heterocycles. The Bertz CT molecular complexity index is 866. The van der Waals surface area contributed by atoms with Crippen molar-refractivity contribution in [3.63, 3.8) is 0 Å². The maximum Gasteiger partial charge on any atom is 0.419 e. The molecule has 0 aromatic carbocycles. The molecule has 0 spiro atoms. The van der Waals surface area contributed by atoms with Gasteiger partial charge in [0.05, 0.1) is 5.69 Å². The standard InChI is InChI=1S/C21H32N4O7/c1-20(2,3)31-18(29)23-14(16(26)25-9-7-8-15(25)17(27)28)10-13-11-24(12-22-13)19(30)32-21(4,5)6/h11-12,14-15H,7-10H2,1-6H3,(H,23,29)(H,27,28)/t14-,15+/m1/s1. The summed E-state index contributed by atoms with van der Waals surface area (Å²) in [5, 5.41) is 11.9. The summed E-state index contributed by atoms with van der Waals surface area (Å²) in [4.78, 5) is 54.6. The van der Waals surface area contributed by atoms with Crippen LogP contribution in [-0.2, 0) is 25.5 Å². The highest BCUT2D eigenvalue weighted by atomic mass is 16.6. The van der Waals surface area contributed by atoms with Crippen molar-refractivity contribution in [2.45, 2.75) is 84.1 Å². The van der Waals surface area contributed by atoms with Gasteiger partial charge in [0.1, 0.15) is 29.6 Å². The van der Waals surface area contributed by atoms with Crippen LogP contribution in [0.25, 0.3) is 0 Å². The number of hydrogen-bond acceptors (Lipinski definition) is 7. The minimum Gasteiger partial charge on any atom is -0.480 e. The number of carboxylic acids is 1. The van der Waals surface area contributed by atoms with Crippen molar-refractivity contribution >= 4 is 24.1 Å². The van der Waals surface area contributed by atoms with Crippen LogP contribution in [0.2, 0.25) is 0 Å². The van der Waals surface area contributed by atoms with E-state index in [0.717, 1.165) is 4.57 Å². The zero-order valence-corrected chi connectivity index (χ0v) is 19.4. The largest absolute Gasteiger partial charge is 0.480 e. The Morgan fingerprint density at radius 2 is 1.78 bits per heavy atom. The number of likely N-dealkylation sites (tertiary alicyclic amines) is 1. The second-order valence-electron chi connectivity index (χ2n) is 9.68. The van der Waals surface area contributed by atoms with E-state index >= 15 is 0 Å². The van der Waals surface area contributed by atoms with Crippen LogP contribution >= 0.6 is 0 Å². The van der Waals surface area contributed by atoms with Crippen LogP contribution in [0.1, 0.15) is 60.1 Å². The summed E-state index contributed by atoms with van der Waals surface area (Å²) >= 11 is 0. The summed E-state index contributed by atoms with van der Waals surface area (Å²) in [5.74, 6) is -1.64. The van der Waals surface area contributed by atoms with Gasteiger partial charge in [-0.1, -0.05) is 0 Å². The van der Waals surface area contributed by atoms with E-state index < -0.39 is 47.3 Å². The lowest BCUT2D eigenvalue weighted by atomic mass is 10.1. The fraction of sp³-hybridized carbons (Fsp3) is 0.667. The van der Waals surface area contributed by atoms with Crippen LogP contribution < -0.4 is 5.32 Å². The maximum atomic E-state index is 13.2. The summed E-state index contributed by atoms with van der Waals surface area (Å²) in [6, 6.07) is -2.07. The Morgan fingerprint density at radius 1 is 1.16 bits per heavy atom. The molecule has 32 heavy (non-hydrogen) atoms. The van der Waals surface area contributed by atoms with Crippen LogP contribution in [0.3, 0.4) is 0 Å². The summed E-state index contributed by atoms with van der Waals surface area (Å²) in [7, 11) is 0. The third-order valence-corrected chi connectivity index (χ3v) is 4.46. The zero-order chi connectivity index (χ0) is 24.3. The van der Waals surface area contributed by atoms with Crippen LogP contribution in [0.4, 0.5) is 9.59 Å². The van der Waals surface area contributed by atoms with Gasteiger partial charge in [0, 0.05) is 19.2 Å². The van der Waals surface area contributed by atoms with E-state index in [2.05, 4.69) is 10.3 Å². The number of carbonyl (C=O) groups excluding carboxylic acids is 3. The molecule has 1 aliphatic rings. The first-order valence-corrected chi connectivity index (χ1v) is 10.5. The molecule has 0 saturated carbocycles. The molecule has 0 bridgehead atoms. The molecule has 0 unspecified atom stereocenters. The summed E-state index contributed by atoms with van der Waals surface area (Å²) < 4.78 is 11.7. The number of hydrogen-bond donors (Lipinski definition) is 2. The molecule has 1 aromatic rings. The predicted octanol–water partition coefficient (Wildman–Crippen LogP) is 2.18. The number of carboxylic acid groups (broad SMARTS) is 1. The molecule has 0 radical (unpaired) electrons. The van der Waals surface area contributed by atoms with E-state index in [4.69, 9.17) is 9.47 Å². The van der Waals surface area contributed by atoms with Crippen LogP contribution in [0.5, 0.6) is 0 Å². The summed E-state index contributed by atoms with van der Waals surface area (Å²) in [5.41, 5.74) is -1.14. The maximum absolute atomic E-state index is 13.2. The number of imidazole rings is 1. The number of amides is 2. The number of ether oxygens (including phenoxy) is 2. The molecule has 2 amide bonds. The number of nitrogens with one attached hydrogen (secondary N) is 1. The van der Waals surface area contributed by atoms with E-state index in [-0.39, 0.29) is 13.0 Å². The van der Waals surface area contributed by atoms with Gasteiger partial charge in [-0.05, 0) is 54.4 Å². The normalized spacial score (nSPS) is 17.6. The highest BCUT2D eigenvalue weighted by Gasteiger charge is 2.38. The highest BCUT2D eigenvalue weighted by molar-refractivity contribution is 5.90. The molecule has 1 saturated heterocycles. The molecule has 2 heterocycles. The molecule has 1 fully saturated rings. The van der Waals surface area contributed by atoms with Crippen LogP contribution in [0.15, 0.2) is 12.5 Å². The Hall–Kier alpha value is -3.11. The van der Waals surface area contributed by atoms with Gasteiger partial charge in [-0.2, -0.15) is 0 Å².